The molecule has 0 spiro atoms. The van der Waals surface area contributed by atoms with Gasteiger partial charge in [0.1, 0.15) is 11.5 Å². The van der Waals surface area contributed by atoms with Crippen LogP contribution in [0.4, 0.5) is 0 Å². The lowest BCUT2D eigenvalue weighted by atomic mass is 10.2. The maximum Gasteiger partial charge on any atom is 0.331 e. The summed E-state index contributed by atoms with van der Waals surface area (Å²) in [6.45, 7) is -0.0365. The number of esters is 1. The molecular weight excluding hydrogens is 370 g/mol. The Kier molecular flexibility index (Phi) is 7.70. The zero-order valence-electron chi connectivity index (χ0n) is 15.0. The van der Waals surface area contributed by atoms with Gasteiger partial charge in [0.25, 0.3) is 5.91 Å². The van der Waals surface area contributed by atoms with Crippen LogP contribution in [0.2, 0.25) is 5.02 Å². The Morgan fingerprint density at radius 2 is 1.67 bits per heavy atom. The van der Waals surface area contributed by atoms with Gasteiger partial charge in [0, 0.05) is 23.7 Å². The van der Waals surface area contributed by atoms with Crippen LogP contribution in [0.25, 0.3) is 6.08 Å². The van der Waals surface area contributed by atoms with Gasteiger partial charge in [-0.15, -0.1) is 0 Å². The van der Waals surface area contributed by atoms with Gasteiger partial charge in [-0.1, -0.05) is 23.7 Å². The van der Waals surface area contributed by atoms with Crippen molar-refractivity contribution in [3.05, 3.63) is 64.7 Å². The van der Waals surface area contributed by atoms with E-state index < -0.39 is 11.9 Å². The molecule has 0 aliphatic heterocycles. The number of amides is 1. The molecule has 2 aromatic carbocycles. The Morgan fingerprint density at radius 1 is 1.04 bits per heavy atom. The van der Waals surface area contributed by atoms with Crippen molar-refractivity contribution in [2.45, 2.75) is 6.54 Å². The van der Waals surface area contributed by atoms with Crippen molar-refractivity contribution in [3.8, 4) is 11.5 Å². The largest absolute Gasteiger partial charge is 0.497 e. The van der Waals surface area contributed by atoms with Gasteiger partial charge in [0.05, 0.1) is 14.2 Å². The second kappa shape index (κ2) is 10.2. The summed E-state index contributed by atoms with van der Waals surface area (Å²) in [6, 6.07) is 12.3. The first kappa shape index (κ1) is 20.3. The van der Waals surface area contributed by atoms with Crippen LogP contribution in [-0.2, 0) is 20.9 Å². The maximum atomic E-state index is 11.8. The van der Waals surface area contributed by atoms with E-state index in [9.17, 15) is 9.59 Å². The number of ether oxygens (including phenoxy) is 3. The Labute approximate surface area is 162 Å². The number of carbonyl (C=O) groups is 2. The lowest BCUT2D eigenvalue weighted by molar-refractivity contribution is -0.143. The van der Waals surface area contributed by atoms with Crippen LogP contribution in [0.5, 0.6) is 11.5 Å². The average Bonchev–Trinajstić information content (AvgIpc) is 2.69. The Hall–Kier alpha value is -2.99. The minimum absolute atomic E-state index is 0.326. The standard InChI is InChI=1S/C20H20ClNO5/c1-25-17-9-15(10-18(11-17)26-2)5-8-20(24)27-13-19(23)22-12-14-3-6-16(21)7-4-14/h3-11H,12-13H2,1-2H3,(H,22,23)/b8-5+. The van der Waals surface area contributed by atoms with Gasteiger partial charge in [0.15, 0.2) is 6.61 Å². The minimum atomic E-state index is -0.626. The van der Waals surface area contributed by atoms with Gasteiger partial charge in [0.2, 0.25) is 0 Å². The molecule has 0 saturated carbocycles. The molecule has 0 bridgehead atoms. The molecule has 1 amide bonds. The normalized spacial score (nSPS) is 10.5. The van der Waals surface area contributed by atoms with Gasteiger partial charge in [-0.3, -0.25) is 4.79 Å². The fourth-order valence-electron chi connectivity index (χ4n) is 2.13. The molecule has 2 aromatic rings. The van der Waals surface area contributed by atoms with Crippen LogP contribution in [0.15, 0.2) is 48.5 Å². The van der Waals surface area contributed by atoms with Gasteiger partial charge >= 0.3 is 5.97 Å². The molecular formula is C20H20ClNO5. The molecule has 142 valence electrons. The van der Waals surface area contributed by atoms with E-state index in [1.54, 1.807) is 62.8 Å². The van der Waals surface area contributed by atoms with Gasteiger partial charge in [-0.05, 0) is 41.5 Å². The lowest BCUT2D eigenvalue weighted by Gasteiger charge is -2.06. The quantitative estimate of drug-likeness (QED) is 0.554. The predicted octanol–water partition coefficient (Wildman–Crippen LogP) is 3.23. The molecule has 2 rings (SSSR count). The third kappa shape index (κ3) is 7.03. The van der Waals surface area contributed by atoms with Crippen LogP contribution >= 0.6 is 11.6 Å². The third-order valence-corrected chi connectivity index (χ3v) is 3.79. The molecule has 27 heavy (non-hydrogen) atoms. The van der Waals surface area contributed by atoms with E-state index in [2.05, 4.69) is 5.32 Å². The molecule has 1 N–H and O–H groups in total. The maximum absolute atomic E-state index is 11.8. The fourth-order valence-corrected chi connectivity index (χ4v) is 2.25. The molecule has 0 unspecified atom stereocenters. The van der Waals surface area contributed by atoms with Crippen molar-refractivity contribution in [1.29, 1.82) is 0 Å². The van der Waals surface area contributed by atoms with Crippen molar-refractivity contribution in [3.63, 3.8) is 0 Å². The van der Waals surface area contributed by atoms with Crippen molar-refractivity contribution in [2.75, 3.05) is 20.8 Å². The molecule has 0 aliphatic carbocycles. The average molecular weight is 390 g/mol. The second-order valence-corrected chi connectivity index (χ2v) is 5.93. The Morgan fingerprint density at radius 3 is 2.26 bits per heavy atom. The second-order valence-electron chi connectivity index (χ2n) is 5.49. The van der Waals surface area contributed by atoms with E-state index in [1.807, 2.05) is 0 Å². The summed E-state index contributed by atoms with van der Waals surface area (Å²) in [7, 11) is 3.08. The van der Waals surface area contributed by atoms with Gasteiger partial charge < -0.3 is 19.5 Å². The molecule has 0 fully saturated rings. The number of hydrogen-bond acceptors (Lipinski definition) is 5. The monoisotopic (exact) mass is 389 g/mol. The number of nitrogens with one attached hydrogen (secondary N) is 1. The molecule has 0 radical (unpaired) electrons. The van der Waals surface area contributed by atoms with E-state index in [0.717, 1.165) is 5.56 Å². The number of methoxy groups -OCH3 is 2. The highest BCUT2D eigenvalue weighted by atomic mass is 35.5. The number of rotatable bonds is 8. The van der Waals surface area contributed by atoms with Crippen molar-refractivity contribution in [1.82, 2.24) is 5.32 Å². The minimum Gasteiger partial charge on any atom is -0.497 e. The molecule has 6 nitrogen and oxygen atoms in total. The Balaban J connectivity index is 1.80. The highest BCUT2D eigenvalue weighted by Gasteiger charge is 2.06. The van der Waals surface area contributed by atoms with Crippen LogP contribution in [-0.4, -0.2) is 32.7 Å². The van der Waals surface area contributed by atoms with E-state index in [4.69, 9.17) is 25.8 Å². The van der Waals surface area contributed by atoms with Gasteiger partial charge in [-0.25, -0.2) is 4.79 Å². The Bertz CT molecular complexity index is 795. The van der Waals surface area contributed by atoms with Crippen LogP contribution in [0.1, 0.15) is 11.1 Å². The third-order valence-electron chi connectivity index (χ3n) is 3.53. The van der Waals surface area contributed by atoms with Crippen LogP contribution < -0.4 is 14.8 Å². The summed E-state index contributed by atoms with van der Waals surface area (Å²) in [5, 5.41) is 3.29. The van der Waals surface area contributed by atoms with E-state index in [-0.39, 0.29) is 6.61 Å². The summed E-state index contributed by atoms with van der Waals surface area (Å²) in [4.78, 5) is 23.5. The van der Waals surface area contributed by atoms with Crippen LogP contribution in [0, 0.1) is 0 Å². The number of halogens is 1. The molecule has 0 aromatic heterocycles. The topological polar surface area (TPSA) is 73.9 Å². The summed E-state index contributed by atoms with van der Waals surface area (Å²) in [6.07, 6.45) is 2.79. The van der Waals surface area contributed by atoms with Crippen molar-refractivity contribution in [2.24, 2.45) is 0 Å². The molecule has 0 atom stereocenters. The molecule has 0 heterocycles. The zero-order valence-corrected chi connectivity index (χ0v) is 15.8. The highest BCUT2D eigenvalue weighted by molar-refractivity contribution is 6.30. The summed E-state index contributed by atoms with van der Waals surface area (Å²) in [5.41, 5.74) is 1.60. The number of benzene rings is 2. The van der Waals surface area contributed by atoms with Crippen molar-refractivity contribution >= 4 is 29.6 Å². The first-order valence-electron chi connectivity index (χ1n) is 8.09. The SMILES string of the molecule is COc1cc(/C=C/C(=O)OCC(=O)NCc2ccc(Cl)cc2)cc(OC)c1. The highest BCUT2D eigenvalue weighted by Crippen LogP contribution is 2.23. The van der Waals surface area contributed by atoms with E-state index in [1.165, 1.54) is 6.08 Å². The molecule has 0 saturated heterocycles. The number of hydrogen-bond donors (Lipinski definition) is 1. The van der Waals surface area contributed by atoms with Crippen LogP contribution in [0.3, 0.4) is 0 Å². The number of carbonyl (C=O) groups excluding carboxylic acids is 2. The summed E-state index contributed by atoms with van der Waals surface area (Å²) >= 11 is 5.80. The first-order chi connectivity index (χ1) is 13.0. The summed E-state index contributed by atoms with van der Waals surface area (Å²) in [5.74, 6) is 0.182. The van der Waals surface area contributed by atoms with Crippen molar-refractivity contribution < 1.29 is 23.8 Å². The zero-order chi connectivity index (χ0) is 19.6. The van der Waals surface area contributed by atoms with Gasteiger partial charge in [-0.2, -0.15) is 0 Å². The lowest BCUT2D eigenvalue weighted by Crippen LogP contribution is -2.28. The van der Waals surface area contributed by atoms with E-state index >= 15 is 0 Å². The van der Waals surface area contributed by atoms with E-state index in [0.29, 0.717) is 28.6 Å². The first-order valence-corrected chi connectivity index (χ1v) is 8.47. The molecule has 0 aliphatic rings. The molecule has 7 heteroatoms. The summed E-state index contributed by atoms with van der Waals surface area (Å²) < 4.78 is 15.3. The smallest absolute Gasteiger partial charge is 0.331 e. The predicted molar refractivity (Wildman–Crippen MR) is 103 cm³/mol. The fraction of sp³-hybridized carbons (Fsp3) is 0.200.